The Kier molecular flexibility index (Phi) is 7.94. The van der Waals surface area contributed by atoms with Crippen LogP contribution in [0.4, 0.5) is 0 Å². The number of guanidine groups is 1. The molecule has 1 aromatic heterocycles. The lowest BCUT2D eigenvalue weighted by molar-refractivity contribution is 0.354. The van der Waals surface area contributed by atoms with Gasteiger partial charge in [0, 0.05) is 26.2 Å². The SMILES string of the molecule is CCNC(=NCCCn1cnc2ccccc21)NCCc1ccc(OC)c(OC)c1. The van der Waals surface area contributed by atoms with Gasteiger partial charge in [-0.15, -0.1) is 0 Å². The molecular formula is C23H31N5O2. The third-order valence-corrected chi connectivity index (χ3v) is 4.85. The number of benzene rings is 2. The lowest BCUT2D eigenvalue weighted by Gasteiger charge is -2.13. The van der Waals surface area contributed by atoms with E-state index in [2.05, 4.69) is 39.2 Å². The zero-order valence-electron chi connectivity index (χ0n) is 18.0. The van der Waals surface area contributed by atoms with E-state index in [4.69, 9.17) is 14.5 Å². The predicted octanol–water partition coefficient (Wildman–Crippen LogP) is 3.24. The molecule has 2 N–H and O–H groups in total. The van der Waals surface area contributed by atoms with E-state index < -0.39 is 0 Å². The Morgan fingerprint density at radius 2 is 1.90 bits per heavy atom. The number of fused-ring (bicyclic) bond motifs is 1. The second-order valence-corrected chi connectivity index (χ2v) is 6.91. The molecule has 7 nitrogen and oxygen atoms in total. The maximum Gasteiger partial charge on any atom is 0.191 e. The lowest BCUT2D eigenvalue weighted by Crippen LogP contribution is -2.38. The van der Waals surface area contributed by atoms with Crippen LogP contribution in [0.3, 0.4) is 0 Å². The van der Waals surface area contributed by atoms with Gasteiger partial charge in [-0.25, -0.2) is 4.98 Å². The van der Waals surface area contributed by atoms with Gasteiger partial charge in [-0.2, -0.15) is 0 Å². The van der Waals surface area contributed by atoms with Gasteiger partial charge in [0.25, 0.3) is 0 Å². The van der Waals surface area contributed by atoms with E-state index in [1.165, 1.54) is 11.1 Å². The second-order valence-electron chi connectivity index (χ2n) is 6.91. The minimum atomic E-state index is 0.745. The molecule has 0 aliphatic carbocycles. The zero-order valence-corrected chi connectivity index (χ0v) is 18.0. The van der Waals surface area contributed by atoms with E-state index in [1.807, 2.05) is 36.7 Å². The van der Waals surface area contributed by atoms with E-state index in [-0.39, 0.29) is 0 Å². The van der Waals surface area contributed by atoms with E-state index in [9.17, 15) is 0 Å². The molecular weight excluding hydrogens is 378 g/mol. The highest BCUT2D eigenvalue weighted by molar-refractivity contribution is 5.79. The Labute approximate surface area is 178 Å². The van der Waals surface area contributed by atoms with E-state index >= 15 is 0 Å². The monoisotopic (exact) mass is 409 g/mol. The summed E-state index contributed by atoms with van der Waals surface area (Å²) in [6, 6.07) is 14.2. The number of rotatable bonds is 10. The average molecular weight is 410 g/mol. The van der Waals surface area contributed by atoms with Gasteiger partial charge in [0.15, 0.2) is 17.5 Å². The molecule has 1 heterocycles. The number of nitrogens with one attached hydrogen (secondary N) is 2. The van der Waals surface area contributed by atoms with Gasteiger partial charge in [0.05, 0.1) is 31.6 Å². The van der Waals surface area contributed by atoms with Crippen molar-refractivity contribution in [3.05, 3.63) is 54.4 Å². The first-order chi connectivity index (χ1) is 14.7. The summed E-state index contributed by atoms with van der Waals surface area (Å²) in [4.78, 5) is 9.14. The summed E-state index contributed by atoms with van der Waals surface area (Å²) in [5.74, 6) is 2.34. The fourth-order valence-corrected chi connectivity index (χ4v) is 3.32. The van der Waals surface area contributed by atoms with Gasteiger partial charge in [-0.3, -0.25) is 4.99 Å². The summed E-state index contributed by atoms with van der Waals surface area (Å²) < 4.78 is 12.9. The number of aryl methyl sites for hydroxylation is 1. The second kappa shape index (κ2) is 11.1. The molecule has 0 fully saturated rings. The van der Waals surface area contributed by atoms with Crippen molar-refractivity contribution < 1.29 is 9.47 Å². The highest BCUT2D eigenvalue weighted by atomic mass is 16.5. The Morgan fingerprint density at radius 1 is 1.07 bits per heavy atom. The number of nitrogens with zero attached hydrogens (tertiary/aromatic N) is 3. The molecule has 3 rings (SSSR count). The largest absolute Gasteiger partial charge is 0.493 e. The molecule has 0 radical (unpaired) electrons. The highest BCUT2D eigenvalue weighted by Crippen LogP contribution is 2.27. The number of para-hydroxylation sites is 2. The zero-order chi connectivity index (χ0) is 21.2. The maximum atomic E-state index is 5.38. The van der Waals surface area contributed by atoms with Gasteiger partial charge < -0.3 is 24.7 Å². The first kappa shape index (κ1) is 21.5. The number of aromatic nitrogens is 2. The molecule has 2 aromatic carbocycles. The van der Waals surface area contributed by atoms with Crippen molar-refractivity contribution in [1.29, 1.82) is 0 Å². The number of hydrogen-bond acceptors (Lipinski definition) is 4. The van der Waals surface area contributed by atoms with E-state index in [0.29, 0.717) is 0 Å². The molecule has 160 valence electrons. The van der Waals surface area contributed by atoms with Crippen LogP contribution in [-0.2, 0) is 13.0 Å². The van der Waals surface area contributed by atoms with E-state index in [1.54, 1.807) is 14.2 Å². The molecule has 0 atom stereocenters. The summed E-state index contributed by atoms with van der Waals surface area (Å²) in [6.07, 6.45) is 3.72. The molecule has 0 bridgehead atoms. The molecule has 7 heteroatoms. The van der Waals surface area contributed by atoms with Crippen LogP contribution in [0.25, 0.3) is 11.0 Å². The summed E-state index contributed by atoms with van der Waals surface area (Å²) in [5, 5.41) is 6.71. The number of hydrogen-bond donors (Lipinski definition) is 2. The van der Waals surface area contributed by atoms with Crippen LogP contribution in [0.1, 0.15) is 18.9 Å². The van der Waals surface area contributed by atoms with Crippen molar-refractivity contribution in [2.45, 2.75) is 26.3 Å². The molecule has 0 saturated heterocycles. The summed E-state index contributed by atoms with van der Waals surface area (Å²) in [6.45, 7) is 5.33. The van der Waals surface area contributed by atoms with Crippen LogP contribution >= 0.6 is 0 Å². The highest BCUT2D eigenvalue weighted by Gasteiger charge is 2.05. The molecule has 0 saturated carbocycles. The molecule has 0 aliphatic rings. The Bertz CT molecular complexity index is 967. The Hall–Kier alpha value is -3.22. The van der Waals surface area contributed by atoms with Gasteiger partial charge in [0.1, 0.15) is 0 Å². The van der Waals surface area contributed by atoms with Gasteiger partial charge >= 0.3 is 0 Å². The molecule has 0 unspecified atom stereocenters. The standard InChI is InChI=1S/C23H31N5O2/c1-4-24-23(26-14-12-18-10-11-21(29-2)22(16-18)30-3)25-13-7-15-28-17-27-19-8-5-6-9-20(19)28/h5-6,8-11,16-17H,4,7,12-15H2,1-3H3,(H2,24,25,26). The van der Waals surface area contributed by atoms with E-state index in [0.717, 1.165) is 62.0 Å². The minimum absolute atomic E-state index is 0.745. The molecule has 0 aliphatic heterocycles. The summed E-state index contributed by atoms with van der Waals surface area (Å²) >= 11 is 0. The Morgan fingerprint density at radius 3 is 2.70 bits per heavy atom. The number of aliphatic imine (C=N–C) groups is 1. The number of imidazole rings is 1. The molecule has 3 aromatic rings. The maximum absolute atomic E-state index is 5.38. The number of ether oxygens (including phenoxy) is 2. The van der Waals surface area contributed by atoms with Crippen molar-refractivity contribution in [3.8, 4) is 11.5 Å². The first-order valence-corrected chi connectivity index (χ1v) is 10.4. The van der Waals surface area contributed by atoms with Gasteiger partial charge in [0.2, 0.25) is 0 Å². The average Bonchev–Trinajstić information content (AvgIpc) is 3.19. The lowest BCUT2D eigenvalue weighted by atomic mass is 10.1. The smallest absolute Gasteiger partial charge is 0.191 e. The Balaban J connectivity index is 1.48. The van der Waals surface area contributed by atoms with Crippen molar-refractivity contribution in [1.82, 2.24) is 20.2 Å². The fraction of sp³-hybridized carbons (Fsp3) is 0.391. The van der Waals surface area contributed by atoms with Gasteiger partial charge in [-0.05, 0) is 49.6 Å². The van der Waals surface area contributed by atoms with Crippen LogP contribution in [0.2, 0.25) is 0 Å². The van der Waals surface area contributed by atoms with Crippen molar-refractivity contribution in [2.24, 2.45) is 4.99 Å². The summed E-state index contributed by atoms with van der Waals surface area (Å²) in [5.41, 5.74) is 3.38. The quantitative estimate of drug-likeness (QED) is 0.306. The third-order valence-electron chi connectivity index (χ3n) is 4.85. The third kappa shape index (κ3) is 5.65. The summed E-state index contributed by atoms with van der Waals surface area (Å²) in [7, 11) is 3.30. The van der Waals surface area contributed by atoms with Gasteiger partial charge in [-0.1, -0.05) is 18.2 Å². The normalized spacial score (nSPS) is 11.5. The van der Waals surface area contributed by atoms with Crippen LogP contribution in [-0.4, -0.2) is 49.4 Å². The van der Waals surface area contributed by atoms with Crippen LogP contribution < -0.4 is 20.1 Å². The van der Waals surface area contributed by atoms with Crippen LogP contribution in [0, 0.1) is 0 Å². The van der Waals surface area contributed by atoms with Crippen molar-refractivity contribution in [3.63, 3.8) is 0 Å². The van der Waals surface area contributed by atoms with Crippen molar-refractivity contribution >= 4 is 17.0 Å². The fourth-order valence-electron chi connectivity index (χ4n) is 3.32. The van der Waals surface area contributed by atoms with Crippen LogP contribution in [0.5, 0.6) is 11.5 Å². The topological polar surface area (TPSA) is 72.7 Å². The first-order valence-electron chi connectivity index (χ1n) is 10.4. The van der Waals surface area contributed by atoms with Crippen molar-refractivity contribution in [2.75, 3.05) is 33.9 Å². The molecule has 0 amide bonds. The van der Waals surface area contributed by atoms with Crippen LogP contribution in [0.15, 0.2) is 53.8 Å². The predicted molar refractivity (Wildman–Crippen MR) is 122 cm³/mol. The number of methoxy groups -OCH3 is 2. The minimum Gasteiger partial charge on any atom is -0.493 e. The molecule has 30 heavy (non-hydrogen) atoms. The molecule has 0 spiro atoms.